The van der Waals surface area contributed by atoms with Crippen LogP contribution in [0.5, 0.6) is 5.75 Å². The molecule has 0 saturated heterocycles. The lowest BCUT2D eigenvalue weighted by Gasteiger charge is -2.03. The van der Waals surface area contributed by atoms with E-state index in [2.05, 4.69) is 6.08 Å². The van der Waals surface area contributed by atoms with Gasteiger partial charge in [-0.05, 0) is 31.9 Å². The Morgan fingerprint density at radius 2 is 2.07 bits per heavy atom. The Hall–Kier alpha value is -1.57. The van der Waals surface area contributed by atoms with Crippen LogP contribution < -0.4 is 0 Å². The fraction of sp³-hybridized carbons (Fsp3) is 0.308. The molecule has 0 aliphatic heterocycles. The molecule has 0 spiro atoms. The summed E-state index contributed by atoms with van der Waals surface area (Å²) >= 11 is 0. The van der Waals surface area contributed by atoms with Gasteiger partial charge in [0.1, 0.15) is 12.0 Å². The van der Waals surface area contributed by atoms with E-state index in [1.54, 1.807) is 6.07 Å². The highest BCUT2D eigenvalue weighted by Crippen LogP contribution is 2.19. The van der Waals surface area contributed by atoms with Gasteiger partial charge in [0.15, 0.2) is 0 Å². The summed E-state index contributed by atoms with van der Waals surface area (Å²) in [5.74, 6) is 0.197. The Bertz CT molecular complexity index is 374. The maximum atomic E-state index is 10.4. The first kappa shape index (κ1) is 11.5. The molecule has 2 heteroatoms. The predicted octanol–water partition coefficient (Wildman–Crippen LogP) is 2.64. The normalized spacial score (nSPS) is 9.73. The van der Waals surface area contributed by atoms with E-state index in [0.29, 0.717) is 5.56 Å². The second-order valence-electron chi connectivity index (χ2n) is 3.82. The first-order valence-corrected chi connectivity index (χ1v) is 5.01. The molecule has 0 bridgehead atoms. The maximum absolute atomic E-state index is 10.4. The van der Waals surface area contributed by atoms with Crippen LogP contribution in [0, 0.1) is 0 Å². The number of phenols is 1. The number of benzene rings is 1. The first-order chi connectivity index (χ1) is 7.13. The smallest absolute Gasteiger partial charge is 0.124 e. The Labute approximate surface area is 90.3 Å². The van der Waals surface area contributed by atoms with Crippen LogP contribution in [0.1, 0.15) is 25.0 Å². The number of phenolic OH excluding ortho intramolecular Hbond substituents is 1. The molecule has 0 aliphatic rings. The summed E-state index contributed by atoms with van der Waals surface area (Å²) in [6, 6.07) is 5.40. The van der Waals surface area contributed by atoms with Gasteiger partial charge in [0.25, 0.3) is 0 Å². The molecule has 15 heavy (non-hydrogen) atoms. The average molecular weight is 204 g/mol. The number of carbonyl (C=O) groups excluding carboxylic acids is 1. The highest BCUT2D eigenvalue weighted by molar-refractivity contribution is 5.57. The lowest BCUT2D eigenvalue weighted by Crippen LogP contribution is -1.90. The van der Waals surface area contributed by atoms with E-state index in [-0.39, 0.29) is 12.2 Å². The van der Waals surface area contributed by atoms with E-state index in [9.17, 15) is 9.90 Å². The molecule has 0 saturated carbocycles. The van der Waals surface area contributed by atoms with Gasteiger partial charge in [-0.1, -0.05) is 23.8 Å². The van der Waals surface area contributed by atoms with Crippen LogP contribution in [-0.2, 0) is 17.6 Å². The summed E-state index contributed by atoms with van der Waals surface area (Å²) in [5, 5.41) is 9.47. The second-order valence-corrected chi connectivity index (χ2v) is 3.82. The zero-order chi connectivity index (χ0) is 11.3. The van der Waals surface area contributed by atoms with Crippen molar-refractivity contribution in [1.29, 1.82) is 0 Å². The Balaban J connectivity index is 2.87. The quantitative estimate of drug-likeness (QED) is 0.604. The van der Waals surface area contributed by atoms with Gasteiger partial charge in [0, 0.05) is 12.0 Å². The predicted molar refractivity (Wildman–Crippen MR) is 61.0 cm³/mol. The van der Waals surface area contributed by atoms with Gasteiger partial charge in [0.2, 0.25) is 0 Å². The molecule has 1 aromatic rings. The van der Waals surface area contributed by atoms with E-state index < -0.39 is 0 Å². The highest BCUT2D eigenvalue weighted by atomic mass is 16.3. The van der Waals surface area contributed by atoms with E-state index in [1.165, 1.54) is 5.57 Å². The molecule has 0 atom stereocenters. The third-order valence-corrected chi connectivity index (χ3v) is 2.19. The number of aromatic hydroxyl groups is 1. The van der Waals surface area contributed by atoms with E-state index in [1.807, 2.05) is 26.0 Å². The number of allylic oxidation sites excluding steroid dienone is 2. The van der Waals surface area contributed by atoms with Crippen LogP contribution in [0.25, 0.3) is 0 Å². The third-order valence-electron chi connectivity index (χ3n) is 2.19. The maximum Gasteiger partial charge on any atom is 0.124 e. The minimum Gasteiger partial charge on any atom is -0.508 e. The molecule has 0 unspecified atom stereocenters. The van der Waals surface area contributed by atoms with Crippen molar-refractivity contribution in [2.24, 2.45) is 0 Å². The van der Waals surface area contributed by atoms with Gasteiger partial charge in [-0.25, -0.2) is 0 Å². The lowest BCUT2D eigenvalue weighted by molar-refractivity contribution is -0.107. The number of hydrogen-bond acceptors (Lipinski definition) is 2. The van der Waals surface area contributed by atoms with E-state index in [4.69, 9.17) is 0 Å². The summed E-state index contributed by atoms with van der Waals surface area (Å²) in [4.78, 5) is 10.4. The summed E-state index contributed by atoms with van der Waals surface area (Å²) < 4.78 is 0. The van der Waals surface area contributed by atoms with Gasteiger partial charge >= 0.3 is 0 Å². The van der Waals surface area contributed by atoms with Crippen LogP contribution in [0.4, 0.5) is 0 Å². The van der Waals surface area contributed by atoms with Crippen molar-refractivity contribution in [3.8, 4) is 5.75 Å². The molecule has 0 amide bonds. The van der Waals surface area contributed by atoms with Crippen LogP contribution in [0.15, 0.2) is 29.8 Å². The van der Waals surface area contributed by atoms with E-state index >= 15 is 0 Å². The molecule has 0 heterocycles. The number of carbonyl (C=O) groups is 1. The Kier molecular flexibility index (Phi) is 4.10. The van der Waals surface area contributed by atoms with Gasteiger partial charge in [-0.2, -0.15) is 0 Å². The van der Waals surface area contributed by atoms with Gasteiger partial charge < -0.3 is 9.90 Å². The molecule has 0 fully saturated rings. The monoisotopic (exact) mass is 204 g/mol. The van der Waals surface area contributed by atoms with Crippen LogP contribution in [-0.4, -0.2) is 11.4 Å². The van der Waals surface area contributed by atoms with Crippen molar-refractivity contribution < 1.29 is 9.90 Å². The van der Waals surface area contributed by atoms with Crippen molar-refractivity contribution in [3.63, 3.8) is 0 Å². The fourth-order valence-electron chi connectivity index (χ4n) is 1.34. The van der Waals surface area contributed by atoms with Crippen LogP contribution >= 0.6 is 0 Å². The van der Waals surface area contributed by atoms with Gasteiger partial charge in [-0.3, -0.25) is 0 Å². The Morgan fingerprint density at radius 3 is 2.67 bits per heavy atom. The highest BCUT2D eigenvalue weighted by Gasteiger charge is 2.01. The third kappa shape index (κ3) is 3.58. The van der Waals surface area contributed by atoms with Crippen LogP contribution in [0.3, 0.4) is 0 Å². The van der Waals surface area contributed by atoms with Gasteiger partial charge in [-0.15, -0.1) is 0 Å². The molecule has 0 aromatic heterocycles. The Morgan fingerprint density at radius 1 is 1.33 bits per heavy atom. The van der Waals surface area contributed by atoms with E-state index in [0.717, 1.165) is 18.3 Å². The standard InChI is InChI=1S/C13H16O2/c1-10(2)3-4-11-5-6-13(15)12(9-11)7-8-14/h3,5-6,8-9,15H,4,7H2,1-2H3. The number of aldehydes is 1. The molecule has 2 nitrogen and oxygen atoms in total. The molecule has 1 aromatic carbocycles. The molecule has 1 N–H and O–H groups in total. The fourth-order valence-corrected chi connectivity index (χ4v) is 1.34. The topological polar surface area (TPSA) is 37.3 Å². The molecule has 0 radical (unpaired) electrons. The van der Waals surface area contributed by atoms with Gasteiger partial charge in [0.05, 0.1) is 0 Å². The van der Waals surface area contributed by atoms with Crippen molar-refractivity contribution in [1.82, 2.24) is 0 Å². The summed E-state index contributed by atoms with van der Waals surface area (Å²) in [6.45, 7) is 4.10. The number of rotatable bonds is 4. The molecular weight excluding hydrogens is 188 g/mol. The summed E-state index contributed by atoms with van der Waals surface area (Å²) in [5.41, 5.74) is 3.08. The zero-order valence-corrected chi connectivity index (χ0v) is 9.16. The molecule has 1 rings (SSSR count). The van der Waals surface area contributed by atoms with Crippen molar-refractivity contribution in [2.75, 3.05) is 0 Å². The number of hydrogen-bond donors (Lipinski definition) is 1. The molecular formula is C13H16O2. The second kappa shape index (κ2) is 5.35. The van der Waals surface area contributed by atoms with Crippen molar-refractivity contribution >= 4 is 6.29 Å². The SMILES string of the molecule is CC(C)=CCc1ccc(O)c(CC=O)c1. The zero-order valence-electron chi connectivity index (χ0n) is 9.16. The van der Waals surface area contributed by atoms with Crippen molar-refractivity contribution in [3.05, 3.63) is 41.0 Å². The lowest BCUT2D eigenvalue weighted by atomic mass is 10.0. The minimum absolute atomic E-state index is 0.197. The summed E-state index contributed by atoms with van der Waals surface area (Å²) in [7, 11) is 0. The first-order valence-electron chi connectivity index (χ1n) is 5.01. The largest absolute Gasteiger partial charge is 0.508 e. The summed E-state index contributed by atoms with van der Waals surface area (Å²) in [6.07, 6.45) is 4.04. The minimum atomic E-state index is 0.197. The average Bonchev–Trinajstić information content (AvgIpc) is 2.19. The molecule has 80 valence electrons. The molecule has 0 aliphatic carbocycles. The van der Waals surface area contributed by atoms with Crippen LogP contribution in [0.2, 0.25) is 0 Å². The van der Waals surface area contributed by atoms with Crippen molar-refractivity contribution in [2.45, 2.75) is 26.7 Å².